The number of nitrogens with zero attached hydrogens (tertiary/aromatic N) is 3. The third-order valence-electron chi connectivity index (χ3n) is 3.28. The Bertz CT molecular complexity index is 619. The van der Waals surface area contributed by atoms with Crippen molar-refractivity contribution >= 4 is 0 Å². The maximum absolute atomic E-state index is 12.9. The van der Waals surface area contributed by atoms with Crippen molar-refractivity contribution in [2.45, 2.75) is 38.9 Å². The molecule has 2 aromatic rings. The van der Waals surface area contributed by atoms with Gasteiger partial charge in [0.05, 0.1) is 29.2 Å². The first kappa shape index (κ1) is 15.5. The molecule has 1 unspecified atom stereocenters. The molecule has 0 saturated carbocycles. The van der Waals surface area contributed by atoms with Crippen molar-refractivity contribution in [3.63, 3.8) is 0 Å². The molecule has 0 spiro atoms. The Kier molecular flexibility index (Phi) is 4.32. The summed E-state index contributed by atoms with van der Waals surface area (Å²) < 4.78 is 40.1. The van der Waals surface area contributed by atoms with Crippen molar-refractivity contribution < 1.29 is 13.2 Å². The van der Waals surface area contributed by atoms with Crippen LogP contribution in [0, 0.1) is 6.92 Å². The second-order valence-corrected chi connectivity index (χ2v) is 4.98. The number of halogens is 3. The van der Waals surface area contributed by atoms with Gasteiger partial charge in [-0.2, -0.15) is 13.2 Å². The Morgan fingerprint density at radius 2 is 2.05 bits per heavy atom. The summed E-state index contributed by atoms with van der Waals surface area (Å²) >= 11 is 0. The van der Waals surface area contributed by atoms with Crippen molar-refractivity contribution in [1.82, 2.24) is 15.0 Å². The van der Waals surface area contributed by atoms with Crippen molar-refractivity contribution in [3.8, 4) is 5.69 Å². The van der Waals surface area contributed by atoms with Crippen LogP contribution >= 0.6 is 0 Å². The summed E-state index contributed by atoms with van der Waals surface area (Å²) in [6, 6.07) is 3.82. The zero-order valence-corrected chi connectivity index (χ0v) is 11.9. The van der Waals surface area contributed by atoms with Gasteiger partial charge in [0, 0.05) is 0 Å². The lowest BCUT2D eigenvalue weighted by molar-refractivity contribution is -0.138. The van der Waals surface area contributed by atoms with Crippen LogP contribution in [0.4, 0.5) is 13.2 Å². The lowest BCUT2D eigenvalue weighted by Crippen LogP contribution is -2.10. The summed E-state index contributed by atoms with van der Waals surface area (Å²) in [7, 11) is 0. The zero-order valence-electron chi connectivity index (χ0n) is 11.9. The first-order chi connectivity index (χ1) is 9.82. The average molecular weight is 298 g/mol. The molecule has 0 aliphatic rings. The van der Waals surface area contributed by atoms with E-state index in [0.29, 0.717) is 11.4 Å². The molecule has 0 saturated heterocycles. The van der Waals surface area contributed by atoms with E-state index in [9.17, 15) is 13.2 Å². The SMILES string of the molecule is CCCC(N)c1cn(-c2ccc(C)c(C(F)(F)F)c2)nn1. The van der Waals surface area contributed by atoms with E-state index in [0.717, 1.165) is 18.9 Å². The van der Waals surface area contributed by atoms with Crippen LogP contribution < -0.4 is 5.73 Å². The molecule has 0 fully saturated rings. The topological polar surface area (TPSA) is 56.7 Å². The van der Waals surface area contributed by atoms with E-state index in [1.54, 1.807) is 12.3 Å². The minimum atomic E-state index is -4.39. The molecule has 114 valence electrons. The fourth-order valence-electron chi connectivity index (χ4n) is 2.09. The molecule has 0 amide bonds. The third kappa shape index (κ3) is 3.41. The van der Waals surface area contributed by atoms with Crippen LogP contribution in [0.3, 0.4) is 0 Å². The van der Waals surface area contributed by atoms with Crippen LogP contribution in [0.25, 0.3) is 5.69 Å². The summed E-state index contributed by atoms with van der Waals surface area (Å²) in [4.78, 5) is 0. The van der Waals surface area contributed by atoms with Gasteiger partial charge in [0.2, 0.25) is 0 Å². The Morgan fingerprint density at radius 1 is 1.33 bits per heavy atom. The zero-order chi connectivity index (χ0) is 15.6. The van der Waals surface area contributed by atoms with Gasteiger partial charge in [-0.3, -0.25) is 0 Å². The number of alkyl halides is 3. The largest absolute Gasteiger partial charge is 0.416 e. The Hall–Kier alpha value is -1.89. The molecule has 1 aromatic carbocycles. The van der Waals surface area contributed by atoms with E-state index in [-0.39, 0.29) is 11.6 Å². The number of nitrogens with two attached hydrogens (primary N) is 1. The number of hydrogen-bond donors (Lipinski definition) is 1. The maximum Gasteiger partial charge on any atom is 0.416 e. The molecule has 0 bridgehead atoms. The van der Waals surface area contributed by atoms with Crippen molar-refractivity contribution in [3.05, 3.63) is 41.2 Å². The predicted octanol–water partition coefficient (Wildman–Crippen LogP) is 3.39. The van der Waals surface area contributed by atoms with Gasteiger partial charge >= 0.3 is 6.18 Å². The molecule has 1 aromatic heterocycles. The van der Waals surface area contributed by atoms with Crippen LogP contribution in [-0.4, -0.2) is 15.0 Å². The van der Waals surface area contributed by atoms with Gasteiger partial charge in [-0.05, 0) is 31.0 Å². The summed E-state index contributed by atoms with van der Waals surface area (Å²) in [5.41, 5.74) is 6.32. The van der Waals surface area contributed by atoms with Gasteiger partial charge in [-0.25, -0.2) is 4.68 Å². The number of rotatable bonds is 4. The number of benzene rings is 1. The highest BCUT2D eigenvalue weighted by molar-refractivity contribution is 5.41. The molecular weight excluding hydrogens is 281 g/mol. The fourth-order valence-corrected chi connectivity index (χ4v) is 2.09. The molecule has 0 aliphatic carbocycles. The van der Waals surface area contributed by atoms with Crippen molar-refractivity contribution in [2.24, 2.45) is 5.73 Å². The second kappa shape index (κ2) is 5.85. The van der Waals surface area contributed by atoms with Gasteiger partial charge < -0.3 is 5.73 Å². The van der Waals surface area contributed by atoms with Crippen molar-refractivity contribution in [2.75, 3.05) is 0 Å². The maximum atomic E-state index is 12.9. The minimum Gasteiger partial charge on any atom is -0.323 e. The molecule has 0 aliphatic heterocycles. The molecular formula is C14H17F3N4. The summed E-state index contributed by atoms with van der Waals surface area (Å²) in [6.45, 7) is 3.43. The van der Waals surface area contributed by atoms with Gasteiger partial charge in [-0.15, -0.1) is 5.10 Å². The summed E-state index contributed by atoms with van der Waals surface area (Å²) in [5, 5.41) is 7.79. The van der Waals surface area contributed by atoms with Crippen LogP contribution in [0.2, 0.25) is 0 Å². The lowest BCUT2D eigenvalue weighted by Gasteiger charge is -2.11. The van der Waals surface area contributed by atoms with Gasteiger partial charge in [0.25, 0.3) is 0 Å². The smallest absolute Gasteiger partial charge is 0.323 e. The third-order valence-corrected chi connectivity index (χ3v) is 3.28. The fraction of sp³-hybridized carbons (Fsp3) is 0.429. The van der Waals surface area contributed by atoms with Crippen LogP contribution in [-0.2, 0) is 6.18 Å². The van der Waals surface area contributed by atoms with E-state index in [2.05, 4.69) is 10.3 Å². The Balaban J connectivity index is 2.35. The average Bonchev–Trinajstić information content (AvgIpc) is 2.88. The van der Waals surface area contributed by atoms with Crippen LogP contribution in [0.1, 0.15) is 42.6 Å². The number of hydrogen-bond acceptors (Lipinski definition) is 3. The molecule has 7 heteroatoms. The lowest BCUT2D eigenvalue weighted by atomic mass is 10.1. The second-order valence-electron chi connectivity index (χ2n) is 4.98. The van der Waals surface area contributed by atoms with Crippen LogP contribution in [0.15, 0.2) is 24.4 Å². The highest BCUT2D eigenvalue weighted by atomic mass is 19.4. The van der Waals surface area contributed by atoms with Crippen molar-refractivity contribution in [1.29, 1.82) is 0 Å². The molecule has 1 heterocycles. The van der Waals surface area contributed by atoms with Gasteiger partial charge in [0.15, 0.2) is 0 Å². The summed E-state index contributed by atoms with van der Waals surface area (Å²) in [6.07, 6.45) is -1.16. The Morgan fingerprint density at radius 3 is 2.67 bits per heavy atom. The normalized spacial score (nSPS) is 13.4. The molecule has 2 rings (SSSR count). The van der Waals surface area contributed by atoms with E-state index in [1.165, 1.54) is 17.7 Å². The molecule has 4 nitrogen and oxygen atoms in total. The number of aromatic nitrogens is 3. The van der Waals surface area contributed by atoms with E-state index in [4.69, 9.17) is 5.73 Å². The number of aryl methyl sites for hydroxylation is 1. The first-order valence-electron chi connectivity index (χ1n) is 6.69. The quantitative estimate of drug-likeness (QED) is 0.941. The Labute approximate surface area is 120 Å². The molecule has 2 N–H and O–H groups in total. The molecule has 0 radical (unpaired) electrons. The molecule has 1 atom stereocenters. The molecule has 21 heavy (non-hydrogen) atoms. The van der Waals surface area contributed by atoms with E-state index >= 15 is 0 Å². The van der Waals surface area contributed by atoms with Gasteiger partial charge in [0.1, 0.15) is 0 Å². The predicted molar refractivity (Wildman–Crippen MR) is 72.9 cm³/mol. The summed E-state index contributed by atoms with van der Waals surface area (Å²) in [5.74, 6) is 0. The van der Waals surface area contributed by atoms with Gasteiger partial charge in [-0.1, -0.05) is 24.6 Å². The monoisotopic (exact) mass is 298 g/mol. The standard InChI is InChI=1S/C14H17F3N4/c1-3-4-12(18)13-8-21(20-19-13)10-6-5-9(2)11(7-10)14(15,16)17/h5-8,12H,3-4,18H2,1-2H3. The highest BCUT2D eigenvalue weighted by Gasteiger charge is 2.32. The first-order valence-corrected chi connectivity index (χ1v) is 6.69. The minimum absolute atomic E-state index is 0.175. The van der Waals surface area contributed by atoms with E-state index < -0.39 is 11.7 Å². The highest BCUT2D eigenvalue weighted by Crippen LogP contribution is 2.33. The van der Waals surface area contributed by atoms with E-state index in [1.807, 2.05) is 6.92 Å². The van der Waals surface area contributed by atoms with Crippen LogP contribution in [0.5, 0.6) is 0 Å².